The van der Waals surface area contributed by atoms with E-state index in [4.69, 9.17) is 5.11 Å². The van der Waals surface area contributed by atoms with Crippen LogP contribution in [-0.2, 0) is 0 Å². The number of nitrogens with one attached hydrogen (secondary N) is 1. The van der Waals surface area contributed by atoms with E-state index in [9.17, 15) is 9.18 Å². The Morgan fingerprint density at radius 2 is 2.27 bits per heavy atom. The maximum absolute atomic E-state index is 13.2. The Bertz CT molecular complexity index is 368. The standard InChI is InChI=1S/C10H13FN2O2/c1-3-13(2)10(15)12-9-5-4-7(14)6-8(9)11/h4-6,14H,3H2,1-2H3,(H,12,15). The summed E-state index contributed by atoms with van der Waals surface area (Å²) in [5.74, 6) is -0.831. The van der Waals surface area contributed by atoms with Crippen molar-refractivity contribution >= 4 is 11.7 Å². The third-order valence-corrected chi connectivity index (χ3v) is 2.02. The fourth-order valence-corrected chi connectivity index (χ4v) is 0.960. The largest absolute Gasteiger partial charge is 0.508 e. The number of rotatable bonds is 2. The summed E-state index contributed by atoms with van der Waals surface area (Å²) in [5, 5.41) is 11.4. The van der Waals surface area contributed by atoms with Gasteiger partial charge in [-0.1, -0.05) is 0 Å². The van der Waals surface area contributed by atoms with Gasteiger partial charge in [0.2, 0.25) is 0 Å². The zero-order valence-corrected chi connectivity index (χ0v) is 8.62. The van der Waals surface area contributed by atoms with Crippen molar-refractivity contribution in [3.63, 3.8) is 0 Å². The molecule has 1 aromatic rings. The van der Waals surface area contributed by atoms with E-state index in [-0.39, 0.29) is 17.5 Å². The van der Waals surface area contributed by atoms with Gasteiger partial charge < -0.3 is 15.3 Å². The second kappa shape index (κ2) is 4.63. The first-order chi connectivity index (χ1) is 7.04. The van der Waals surface area contributed by atoms with Crippen molar-refractivity contribution in [3.8, 4) is 5.75 Å². The summed E-state index contributed by atoms with van der Waals surface area (Å²) in [6.07, 6.45) is 0. The van der Waals surface area contributed by atoms with Crippen molar-refractivity contribution in [2.45, 2.75) is 6.92 Å². The zero-order chi connectivity index (χ0) is 11.4. The number of amides is 2. The van der Waals surface area contributed by atoms with E-state index in [1.165, 1.54) is 17.0 Å². The minimum atomic E-state index is -0.659. The molecule has 0 aliphatic heterocycles. The molecule has 2 N–H and O–H groups in total. The van der Waals surface area contributed by atoms with Gasteiger partial charge in [0.05, 0.1) is 5.69 Å². The van der Waals surface area contributed by atoms with Crippen LogP contribution < -0.4 is 5.32 Å². The summed E-state index contributed by atoms with van der Waals surface area (Å²) < 4.78 is 13.2. The topological polar surface area (TPSA) is 52.6 Å². The summed E-state index contributed by atoms with van der Waals surface area (Å²) in [6, 6.07) is 3.18. The molecule has 0 aromatic heterocycles. The van der Waals surface area contributed by atoms with Crippen LogP contribution >= 0.6 is 0 Å². The third-order valence-electron chi connectivity index (χ3n) is 2.02. The van der Waals surface area contributed by atoms with Crippen LogP contribution in [0.3, 0.4) is 0 Å². The molecule has 0 fully saturated rings. The molecule has 4 nitrogen and oxygen atoms in total. The summed E-state index contributed by atoms with van der Waals surface area (Å²) >= 11 is 0. The molecule has 1 aromatic carbocycles. The molecule has 0 saturated heterocycles. The molecule has 0 spiro atoms. The first kappa shape index (κ1) is 11.3. The van der Waals surface area contributed by atoms with Crippen molar-refractivity contribution in [2.24, 2.45) is 0 Å². The molecule has 5 heteroatoms. The van der Waals surface area contributed by atoms with Crippen molar-refractivity contribution in [1.29, 1.82) is 0 Å². The molecule has 0 unspecified atom stereocenters. The Balaban J connectivity index is 2.77. The van der Waals surface area contributed by atoms with E-state index >= 15 is 0 Å². The Hall–Kier alpha value is -1.78. The average molecular weight is 212 g/mol. The Kier molecular flexibility index (Phi) is 3.49. The molecule has 0 radical (unpaired) electrons. The van der Waals surface area contributed by atoms with E-state index in [1.54, 1.807) is 7.05 Å². The van der Waals surface area contributed by atoms with Gasteiger partial charge in [-0.3, -0.25) is 0 Å². The van der Waals surface area contributed by atoms with Crippen LogP contribution in [0.25, 0.3) is 0 Å². The summed E-state index contributed by atoms with van der Waals surface area (Å²) in [6.45, 7) is 2.35. The van der Waals surface area contributed by atoms with Crippen LogP contribution in [0.2, 0.25) is 0 Å². The number of anilines is 1. The number of phenolic OH excluding ortho intramolecular Hbond substituents is 1. The molecule has 0 heterocycles. The van der Waals surface area contributed by atoms with Crippen molar-refractivity contribution in [1.82, 2.24) is 4.90 Å². The molecular weight excluding hydrogens is 199 g/mol. The fourth-order valence-electron chi connectivity index (χ4n) is 0.960. The van der Waals surface area contributed by atoms with Gasteiger partial charge in [0, 0.05) is 19.7 Å². The lowest BCUT2D eigenvalue weighted by atomic mass is 10.3. The van der Waals surface area contributed by atoms with E-state index < -0.39 is 5.82 Å². The van der Waals surface area contributed by atoms with Gasteiger partial charge in [-0.05, 0) is 19.1 Å². The van der Waals surface area contributed by atoms with E-state index in [0.29, 0.717) is 6.54 Å². The van der Waals surface area contributed by atoms with Gasteiger partial charge in [-0.25, -0.2) is 9.18 Å². The third kappa shape index (κ3) is 2.83. The van der Waals surface area contributed by atoms with Gasteiger partial charge in [0.15, 0.2) is 0 Å². The van der Waals surface area contributed by atoms with Crippen LogP contribution in [0.15, 0.2) is 18.2 Å². The number of halogens is 1. The fraction of sp³-hybridized carbons (Fsp3) is 0.300. The first-order valence-electron chi connectivity index (χ1n) is 4.55. The number of phenols is 1. The highest BCUT2D eigenvalue weighted by atomic mass is 19.1. The summed E-state index contributed by atoms with van der Waals surface area (Å²) in [4.78, 5) is 12.8. The molecule has 0 aliphatic rings. The Morgan fingerprint density at radius 1 is 1.60 bits per heavy atom. The average Bonchev–Trinajstić information content (AvgIpc) is 2.20. The molecule has 15 heavy (non-hydrogen) atoms. The number of urea groups is 1. The predicted molar refractivity (Wildman–Crippen MR) is 55.4 cm³/mol. The minimum Gasteiger partial charge on any atom is -0.508 e. The highest BCUT2D eigenvalue weighted by molar-refractivity contribution is 5.89. The van der Waals surface area contributed by atoms with E-state index in [0.717, 1.165) is 6.07 Å². The number of carbonyl (C=O) groups excluding carboxylic acids is 1. The second-order valence-electron chi connectivity index (χ2n) is 3.11. The zero-order valence-electron chi connectivity index (χ0n) is 8.62. The summed E-state index contributed by atoms with van der Waals surface area (Å²) in [7, 11) is 1.60. The second-order valence-corrected chi connectivity index (χ2v) is 3.11. The number of carbonyl (C=O) groups is 1. The quantitative estimate of drug-likeness (QED) is 0.737. The molecular formula is C10H13FN2O2. The van der Waals surface area contributed by atoms with Gasteiger partial charge in [-0.15, -0.1) is 0 Å². The maximum atomic E-state index is 13.2. The smallest absolute Gasteiger partial charge is 0.321 e. The maximum Gasteiger partial charge on any atom is 0.321 e. The van der Waals surface area contributed by atoms with Gasteiger partial charge >= 0.3 is 6.03 Å². The Labute approximate surface area is 87.3 Å². The van der Waals surface area contributed by atoms with Gasteiger partial charge in [0.25, 0.3) is 0 Å². The number of nitrogens with zero attached hydrogens (tertiary/aromatic N) is 1. The van der Waals surface area contributed by atoms with Crippen molar-refractivity contribution in [2.75, 3.05) is 18.9 Å². The number of hydrogen-bond donors (Lipinski definition) is 2. The Morgan fingerprint density at radius 3 is 2.80 bits per heavy atom. The van der Waals surface area contributed by atoms with Crippen molar-refractivity contribution in [3.05, 3.63) is 24.0 Å². The molecule has 0 atom stereocenters. The van der Waals surface area contributed by atoms with Gasteiger partial charge in [-0.2, -0.15) is 0 Å². The van der Waals surface area contributed by atoms with Gasteiger partial charge in [0.1, 0.15) is 11.6 Å². The SMILES string of the molecule is CCN(C)C(=O)Nc1ccc(O)cc1F. The van der Waals surface area contributed by atoms with E-state index in [1.807, 2.05) is 6.92 Å². The minimum absolute atomic E-state index is 0.0538. The monoisotopic (exact) mass is 212 g/mol. The molecule has 0 aliphatic carbocycles. The molecule has 1 rings (SSSR count). The highest BCUT2D eigenvalue weighted by Gasteiger charge is 2.09. The number of aromatic hydroxyl groups is 1. The first-order valence-corrected chi connectivity index (χ1v) is 4.55. The highest BCUT2D eigenvalue weighted by Crippen LogP contribution is 2.19. The van der Waals surface area contributed by atoms with Crippen LogP contribution in [-0.4, -0.2) is 29.6 Å². The molecule has 2 amide bonds. The molecule has 0 bridgehead atoms. The van der Waals surface area contributed by atoms with Crippen LogP contribution in [0.4, 0.5) is 14.9 Å². The van der Waals surface area contributed by atoms with Crippen LogP contribution in [0.5, 0.6) is 5.75 Å². The number of hydrogen-bond acceptors (Lipinski definition) is 2. The lowest BCUT2D eigenvalue weighted by Gasteiger charge is -2.15. The normalized spacial score (nSPS) is 9.80. The molecule has 0 saturated carbocycles. The predicted octanol–water partition coefficient (Wildman–Crippen LogP) is 2.01. The summed E-state index contributed by atoms with van der Waals surface area (Å²) in [5.41, 5.74) is 0.0538. The molecule has 82 valence electrons. The lowest BCUT2D eigenvalue weighted by Crippen LogP contribution is -2.31. The van der Waals surface area contributed by atoms with Crippen LogP contribution in [0.1, 0.15) is 6.92 Å². The van der Waals surface area contributed by atoms with E-state index in [2.05, 4.69) is 5.32 Å². The number of benzene rings is 1. The lowest BCUT2D eigenvalue weighted by molar-refractivity contribution is 0.224. The van der Waals surface area contributed by atoms with Crippen molar-refractivity contribution < 1.29 is 14.3 Å². The van der Waals surface area contributed by atoms with Crippen LogP contribution in [0, 0.1) is 5.82 Å².